The normalized spacial score (nSPS) is 20.0. The highest BCUT2D eigenvalue weighted by atomic mass is 16.6. The number of rotatable bonds is 5. The van der Waals surface area contributed by atoms with Crippen LogP contribution in [-0.2, 0) is 4.74 Å². The molecule has 0 bridgehead atoms. The molecule has 7 nitrogen and oxygen atoms in total. The number of phenols is 1. The van der Waals surface area contributed by atoms with E-state index in [0.29, 0.717) is 51.3 Å². The maximum Gasteiger partial charge on any atom is 0.409 e. The molecular weight excluding hydrogens is 406 g/mol. The van der Waals surface area contributed by atoms with Gasteiger partial charge < -0.3 is 19.5 Å². The van der Waals surface area contributed by atoms with Crippen molar-refractivity contribution in [1.29, 1.82) is 0 Å². The second-order valence-electron chi connectivity index (χ2n) is 8.17. The lowest BCUT2D eigenvalue weighted by molar-refractivity contribution is 0.0778. The standard InChI is InChI=1S/C25H31N3O4/c1-3-31-22-12-8-11-19(23(22)29)21-17-20(18-9-6-5-7-10-18)26-25(27-21)13-15-28(16-14-25)24(30)32-4-2/h5-12,21,27,29H,3-4,13-17H2,1-2H3/t21-/m0/s1. The number of likely N-dealkylation sites (tertiary alicyclic amines) is 1. The zero-order valence-electron chi connectivity index (χ0n) is 18.7. The Bertz CT molecular complexity index is 968. The molecule has 0 radical (unpaired) electrons. The zero-order valence-corrected chi connectivity index (χ0v) is 18.7. The summed E-state index contributed by atoms with van der Waals surface area (Å²) in [6.45, 7) is 5.70. The van der Waals surface area contributed by atoms with E-state index in [1.807, 2.05) is 44.2 Å². The Morgan fingerprint density at radius 1 is 1.12 bits per heavy atom. The smallest absolute Gasteiger partial charge is 0.409 e. The van der Waals surface area contributed by atoms with Crippen molar-refractivity contribution in [2.45, 2.75) is 44.8 Å². The minimum Gasteiger partial charge on any atom is -0.504 e. The molecule has 0 saturated carbocycles. The largest absolute Gasteiger partial charge is 0.504 e. The van der Waals surface area contributed by atoms with Crippen molar-refractivity contribution >= 4 is 11.8 Å². The van der Waals surface area contributed by atoms with Crippen LogP contribution in [0.2, 0.25) is 0 Å². The molecule has 7 heteroatoms. The lowest BCUT2D eigenvalue weighted by Gasteiger charge is -2.45. The molecule has 1 spiro atoms. The molecule has 2 aromatic rings. The second kappa shape index (κ2) is 9.61. The minimum absolute atomic E-state index is 0.128. The molecule has 1 amide bonds. The predicted octanol–water partition coefficient (Wildman–Crippen LogP) is 4.26. The average Bonchev–Trinajstić information content (AvgIpc) is 2.81. The molecule has 170 valence electrons. The Kier molecular flexibility index (Phi) is 6.65. The Labute approximate surface area is 189 Å². The Balaban J connectivity index is 1.65. The number of piperidine rings is 1. The molecule has 2 aliphatic rings. The van der Waals surface area contributed by atoms with Gasteiger partial charge in [-0.1, -0.05) is 42.5 Å². The molecule has 32 heavy (non-hydrogen) atoms. The number of aromatic hydroxyl groups is 1. The van der Waals surface area contributed by atoms with E-state index in [2.05, 4.69) is 17.4 Å². The molecule has 0 aliphatic carbocycles. The summed E-state index contributed by atoms with van der Waals surface area (Å²) in [5.41, 5.74) is 2.36. The van der Waals surface area contributed by atoms with Gasteiger partial charge in [-0.3, -0.25) is 10.3 Å². The number of hydrogen-bond acceptors (Lipinski definition) is 6. The van der Waals surface area contributed by atoms with Crippen LogP contribution in [-0.4, -0.2) is 53.8 Å². The van der Waals surface area contributed by atoms with E-state index in [4.69, 9.17) is 14.5 Å². The molecule has 1 atom stereocenters. The number of nitrogens with one attached hydrogen (secondary N) is 1. The number of ether oxygens (including phenoxy) is 2. The Morgan fingerprint density at radius 2 is 1.88 bits per heavy atom. The first-order valence-electron chi connectivity index (χ1n) is 11.3. The summed E-state index contributed by atoms with van der Waals surface area (Å²) in [5.74, 6) is 0.655. The Morgan fingerprint density at radius 3 is 2.56 bits per heavy atom. The van der Waals surface area contributed by atoms with Gasteiger partial charge in [-0.15, -0.1) is 0 Å². The van der Waals surface area contributed by atoms with Gasteiger partial charge in [-0.2, -0.15) is 0 Å². The van der Waals surface area contributed by atoms with Gasteiger partial charge >= 0.3 is 6.09 Å². The number of phenolic OH excluding ortho intramolecular Hbond substituents is 1. The van der Waals surface area contributed by atoms with Crippen LogP contribution in [0.25, 0.3) is 0 Å². The summed E-state index contributed by atoms with van der Waals surface area (Å²) < 4.78 is 10.8. The van der Waals surface area contributed by atoms with Crippen molar-refractivity contribution in [1.82, 2.24) is 10.2 Å². The van der Waals surface area contributed by atoms with Gasteiger partial charge in [-0.05, 0) is 25.5 Å². The lowest BCUT2D eigenvalue weighted by atomic mass is 9.87. The van der Waals surface area contributed by atoms with E-state index in [-0.39, 0.29) is 17.9 Å². The van der Waals surface area contributed by atoms with Crippen molar-refractivity contribution < 1.29 is 19.4 Å². The number of benzene rings is 2. The van der Waals surface area contributed by atoms with Gasteiger partial charge in [0.2, 0.25) is 0 Å². The molecule has 2 aliphatic heterocycles. The molecule has 4 rings (SSSR count). The third-order valence-electron chi connectivity index (χ3n) is 6.12. The van der Waals surface area contributed by atoms with Crippen LogP contribution in [0.1, 0.15) is 50.3 Å². The van der Waals surface area contributed by atoms with Gasteiger partial charge in [0.1, 0.15) is 5.66 Å². The maximum absolute atomic E-state index is 12.2. The van der Waals surface area contributed by atoms with Gasteiger partial charge in [0.15, 0.2) is 11.5 Å². The summed E-state index contributed by atoms with van der Waals surface area (Å²) in [6.07, 6.45) is 1.72. The van der Waals surface area contributed by atoms with E-state index in [1.54, 1.807) is 11.0 Å². The molecule has 2 N–H and O–H groups in total. The highest BCUT2D eigenvalue weighted by Gasteiger charge is 2.41. The predicted molar refractivity (Wildman–Crippen MR) is 123 cm³/mol. The van der Waals surface area contributed by atoms with E-state index in [0.717, 1.165) is 16.8 Å². The van der Waals surface area contributed by atoms with E-state index >= 15 is 0 Å². The van der Waals surface area contributed by atoms with Gasteiger partial charge in [0.25, 0.3) is 0 Å². The Hall–Kier alpha value is -3.06. The minimum atomic E-state index is -0.509. The summed E-state index contributed by atoms with van der Waals surface area (Å²) >= 11 is 0. The fourth-order valence-electron chi connectivity index (χ4n) is 4.53. The van der Waals surface area contributed by atoms with Crippen LogP contribution < -0.4 is 10.1 Å². The first-order valence-corrected chi connectivity index (χ1v) is 11.3. The maximum atomic E-state index is 12.2. The van der Waals surface area contributed by atoms with E-state index in [9.17, 15) is 9.90 Å². The van der Waals surface area contributed by atoms with Crippen LogP contribution in [0.3, 0.4) is 0 Å². The van der Waals surface area contributed by atoms with Crippen molar-refractivity contribution in [2.24, 2.45) is 4.99 Å². The van der Waals surface area contributed by atoms with Crippen LogP contribution in [0.4, 0.5) is 4.79 Å². The first kappa shape index (κ1) is 22.1. The molecule has 1 fully saturated rings. The summed E-state index contributed by atoms with van der Waals surface area (Å²) in [6, 6.07) is 15.7. The summed E-state index contributed by atoms with van der Waals surface area (Å²) in [4.78, 5) is 19.1. The fraction of sp³-hybridized carbons (Fsp3) is 0.440. The lowest BCUT2D eigenvalue weighted by Crippen LogP contribution is -2.56. The number of para-hydroxylation sites is 1. The van der Waals surface area contributed by atoms with Crippen molar-refractivity contribution in [3.05, 3.63) is 59.7 Å². The van der Waals surface area contributed by atoms with Crippen LogP contribution in [0.5, 0.6) is 11.5 Å². The monoisotopic (exact) mass is 437 g/mol. The molecule has 1 saturated heterocycles. The summed E-state index contributed by atoms with van der Waals surface area (Å²) in [7, 11) is 0. The van der Waals surface area contributed by atoms with Crippen molar-refractivity contribution in [3.63, 3.8) is 0 Å². The SMILES string of the molecule is CCOC(=O)N1CCC2(CC1)N=C(c1ccccc1)C[C@@H](c1cccc(OCC)c1O)N2. The molecule has 0 unspecified atom stereocenters. The highest BCUT2D eigenvalue weighted by Crippen LogP contribution is 2.40. The number of carbonyl (C=O) groups excluding carboxylic acids is 1. The van der Waals surface area contributed by atoms with E-state index in [1.165, 1.54) is 0 Å². The molecular formula is C25H31N3O4. The van der Waals surface area contributed by atoms with Gasteiger partial charge in [0.05, 0.1) is 13.2 Å². The van der Waals surface area contributed by atoms with Gasteiger partial charge in [0, 0.05) is 49.7 Å². The van der Waals surface area contributed by atoms with Gasteiger partial charge in [-0.25, -0.2) is 4.79 Å². The number of aliphatic imine (C=N–C) groups is 1. The quantitative estimate of drug-likeness (QED) is 0.730. The fourth-order valence-corrected chi connectivity index (χ4v) is 4.53. The zero-order chi connectivity index (χ0) is 22.6. The topological polar surface area (TPSA) is 83.4 Å². The van der Waals surface area contributed by atoms with Crippen LogP contribution >= 0.6 is 0 Å². The molecule has 0 aromatic heterocycles. The third-order valence-corrected chi connectivity index (χ3v) is 6.12. The van der Waals surface area contributed by atoms with Crippen LogP contribution in [0.15, 0.2) is 53.5 Å². The number of amides is 1. The highest BCUT2D eigenvalue weighted by molar-refractivity contribution is 6.01. The average molecular weight is 438 g/mol. The third kappa shape index (κ3) is 4.58. The van der Waals surface area contributed by atoms with Crippen LogP contribution in [0, 0.1) is 0 Å². The van der Waals surface area contributed by atoms with Crippen molar-refractivity contribution in [2.75, 3.05) is 26.3 Å². The molecule has 2 heterocycles. The van der Waals surface area contributed by atoms with E-state index < -0.39 is 5.66 Å². The first-order chi connectivity index (χ1) is 15.5. The molecule has 2 aromatic carbocycles. The number of carbonyl (C=O) groups is 1. The number of hydrogen-bond donors (Lipinski definition) is 2. The second-order valence-corrected chi connectivity index (χ2v) is 8.17. The van der Waals surface area contributed by atoms with Crippen molar-refractivity contribution in [3.8, 4) is 11.5 Å². The number of nitrogens with zero attached hydrogens (tertiary/aromatic N) is 2. The summed E-state index contributed by atoms with van der Waals surface area (Å²) in [5, 5.41) is 14.6.